The lowest BCUT2D eigenvalue weighted by atomic mass is 10.0. The van der Waals surface area contributed by atoms with E-state index in [1.54, 1.807) is 29.2 Å². The summed E-state index contributed by atoms with van der Waals surface area (Å²) in [6.07, 6.45) is 2.54. The van der Waals surface area contributed by atoms with E-state index in [0.717, 1.165) is 24.8 Å². The highest BCUT2D eigenvalue weighted by atomic mass is 16.2. The van der Waals surface area contributed by atoms with Crippen LogP contribution in [-0.4, -0.2) is 35.2 Å². The third kappa shape index (κ3) is 5.44. The summed E-state index contributed by atoms with van der Waals surface area (Å²) in [6.45, 7) is 4.21. The van der Waals surface area contributed by atoms with Gasteiger partial charge in [-0.05, 0) is 43.0 Å². The average Bonchev–Trinajstić information content (AvgIpc) is 3.16. The van der Waals surface area contributed by atoms with Crippen molar-refractivity contribution in [2.45, 2.75) is 39.2 Å². The Morgan fingerprint density at radius 2 is 1.69 bits per heavy atom. The maximum Gasteiger partial charge on any atom is 0.313 e. The largest absolute Gasteiger partial charge is 0.331 e. The summed E-state index contributed by atoms with van der Waals surface area (Å²) in [5, 5.41) is 5.45. The number of nitrogens with zero attached hydrogens (tertiary/aromatic N) is 1. The molecule has 3 amide bonds. The van der Waals surface area contributed by atoms with Crippen molar-refractivity contribution in [3.63, 3.8) is 0 Å². The molecule has 29 heavy (non-hydrogen) atoms. The number of carbonyl (C=O) groups excluding carboxylic acids is 3. The van der Waals surface area contributed by atoms with E-state index < -0.39 is 11.8 Å². The van der Waals surface area contributed by atoms with E-state index in [0.29, 0.717) is 17.9 Å². The Kier molecular flexibility index (Phi) is 6.65. The van der Waals surface area contributed by atoms with E-state index in [4.69, 9.17) is 0 Å². The zero-order valence-electron chi connectivity index (χ0n) is 16.9. The molecule has 2 aromatic carbocycles. The first-order valence-electron chi connectivity index (χ1n) is 10.0. The lowest BCUT2D eigenvalue weighted by molar-refractivity contribution is -0.143. The van der Waals surface area contributed by atoms with E-state index in [9.17, 15) is 14.4 Å². The maximum absolute atomic E-state index is 12.7. The van der Waals surface area contributed by atoms with Gasteiger partial charge < -0.3 is 15.5 Å². The Labute approximate surface area is 171 Å². The molecule has 1 saturated heterocycles. The van der Waals surface area contributed by atoms with Gasteiger partial charge in [0.1, 0.15) is 0 Å². The second-order valence-corrected chi connectivity index (χ2v) is 7.66. The van der Waals surface area contributed by atoms with Crippen molar-refractivity contribution in [2.24, 2.45) is 5.92 Å². The number of nitrogens with one attached hydrogen (secondary N) is 2. The van der Waals surface area contributed by atoms with Gasteiger partial charge in [-0.2, -0.15) is 0 Å². The molecule has 1 atom stereocenters. The normalized spacial score (nSPS) is 16.0. The van der Waals surface area contributed by atoms with Gasteiger partial charge in [0.2, 0.25) is 5.91 Å². The van der Waals surface area contributed by atoms with Crippen LogP contribution in [0, 0.1) is 5.92 Å². The highest BCUT2D eigenvalue weighted by Crippen LogP contribution is 2.22. The first kappa shape index (κ1) is 20.6. The first-order chi connectivity index (χ1) is 13.9. The smallest absolute Gasteiger partial charge is 0.313 e. The average molecular weight is 393 g/mol. The summed E-state index contributed by atoms with van der Waals surface area (Å²) >= 11 is 0. The molecule has 1 aliphatic heterocycles. The fraction of sp³-hybridized carbons (Fsp3) is 0.348. The summed E-state index contributed by atoms with van der Waals surface area (Å²) in [5.41, 5.74) is 2.21. The highest BCUT2D eigenvalue weighted by molar-refractivity contribution is 6.39. The van der Waals surface area contributed by atoms with Crippen LogP contribution in [0.4, 0.5) is 11.4 Å². The van der Waals surface area contributed by atoms with Crippen LogP contribution in [0.25, 0.3) is 0 Å². The SMILES string of the molecule is CC(C)C(=O)Nc1cccc(NC(=O)C(=O)N2CCCC2Cc2ccccc2)c1. The van der Waals surface area contributed by atoms with E-state index in [2.05, 4.69) is 10.6 Å². The number of anilines is 2. The Morgan fingerprint density at radius 1 is 1.00 bits per heavy atom. The van der Waals surface area contributed by atoms with Crippen LogP contribution in [0.2, 0.25) is 0 Å². The Bertz CT molecular complexity index is 880. The molecule has 0 bridgehead atoms. The predicted molar refractivity (Wildman–Crippen MR) is 113 cm³/mol. The molecule has 6 nitrogen and oxygen atoms in total. The third-order valence-corrected chi connectivity index (χ3v) is 5.06. The molecular weight excluding hydrogens is 366 g/mol. The summed E-state index contributed by atoms with van der Waals surface area (Å²) < 4.78 is 0. The fourth-order valence-corrected chi connectivity index (χ4v) is 3.48. The van der Waals surface area contributed by atoms with Crippen molar-refractivity contribution >= 4 is 29.1 Å². The molecule has 0 aromatic heterocycles. The summed E-state index contributed by atoms with van der Waals surface area (Å²) in [5.74, 6) is -1.42. The molecule has 0 radical (unpaired) electrons. The quantitative estimate of drug-likeness (QED) is 0.764. The standard InChI is InChI=1S/C23H27N3O3/c1-16(2)21(27)24-18-10-6-11-19(15-18)25-22(28)23(29)26-13-7-12-20(26)14-17-8-4-3-5-9-17/h3-6,8-11,15-16,20H,7,12-14H2,1-2H3,(H,24,27)(H,25,28). The number of hydrogen-bond acceptors (Lipinski definition) is 3. The number of amides is 3. The summed E-state index contributed by atoms with van der Waals surface area (Å²) in [4.78, 5) is 38.8. The predicted octanol–water partition coefficient (Wildman–Crippen LogP) is 3.45. The van der Waals surface area contributed by atoms with Crippen molar-refractivity contribution in [2.75, 3.05) is 17.2 Å². The molecular formula is C23H27N3O3. The molecule has 1 heterocycles. The Hall–Kier alpha value is -3.15. The molecule has 152 valence electrons. The van der Waals surface area contributed by atoms with Gasteiger partial charge in [-0.1, -0.05) is 50.2 Å². The number of rotatable bonds is 5. The van der Waals surface area contributed by atoms with E-state index in [-0.39, 0.29) is 17.9 Å². The number of benzene rings is 2. The van der Waals surface area contributed by atoms with Gasteiger partial charge >= 0.3 is 11.8 Å². The molecule has 1 fully saturated rings. The van der Waals surface area contributed by atoms with Crippen molar-refractivity contribution < 1.29 is 14.4 Å². The van der Waals surface area contributed by atoms with Gasteiger partial charge in [0.05, 0.1) is 0 Å². The van der Waals surface area contributed by atoms with Crippen LogP contribution in [0.5, 0.6) is 0 Å². The summed E-state index contributed by atoms with van der Waals surface area (Å²) in [7, 11) is 0. The van der Waals surface area contributed by atoms with Crippen LogP contribution in [-0.2, 0) is 20.8 Å². The van der Waals surface area contributed by atoms with E-state index >= 15 is 0 Å². The molecule has 0 aliphatic carbocycles. The van der Waals surface area contributed by atoms with E-state index in [1.165, 1.54) is 0 Å². The third-order valence-electron chi connectivity index (χ3n) is 5.06. The van der Waals surface area contributed by atoms with Gasteiger partial charge in [-0.25, -0.2) is 0 Å². The van der Waals surface area contributed by atoms with Crippen molar-refractivity contribution in [1.29, 1.82) is 0 Å². The maximum atomic E-state index is 12.7. The van der Waals surface area contributed by atoms with Gasteiger partial charge in [0, 0.05) is 29.9 Å². The van der Waals surface area contributed by atoms with Crippen LogP contribution < -0.4 is 10.6 Å². The van der Waals surface area contributed by atoms with Crippen LogP contribution in [0.15, 0.2) is 54.6 Å². The minimum atomic E-state index is -0.655. The lowest BCUT2D eigenvalue weighted by Gasteiger charge is -2.24. The van der Waals surface area contributed by atoms with Crippen LogP contribution in [0.3, 0.4) is 0 Å². The molecule has 2 aromatic rings. The Balaban J connectivity index is 1.63. The molecule has 6 heteroatoms. The number of hydrogen-bond donors (Lipinski definition) is 2. The lowest BCUT2D eigenvalue weighted by Crippen LogP contribution is -2.43. The molecule has 0 spiro atoms. The van der Waals surface area contributed by atoms with Crippen LogP contribution in [0.1, 0.15) is 32.3 Å². The number of carbonyl (C=O) groups is 3. The topological polar surface area (TPSA) is 78.5 Å². The van der Waals surface area contributed by atoms with Gasteiger partial charge in [0.15, 0.2) is 0 Å². The fourth-order valence-electron chi connectivity index (χ4n) is 3.48. The minimum absolute atomic E-state index is 0.0346. The molecule has 1 aliphatic rings. The minimum Gasteiger partial charge on any atom is -0.331 e. The second kappa shape index (κ2) is 9.37. The van der Waals surface area contributed by atoms with Crippen molar-refractivity contribution in [3.05, 3.63) is 60.2 Å². The highest BCUT2D eigenvalue weighted by Gasteiger charge is 2.32. The van der Waals surface area contributed by atoms with Gasteiger partial charge in [-0.15, -0.1) is 0 Å². The zero-order valence-corrected chi connectivity index (χ0v) is 16.9. The summed E-state index contributed by atoms with van der Waals surface area (Å²) in [6, 6.07) is 16.9. The van der Waals surface area contributed by atoms with Crippen molar-refractivity contribution in [1.82, 2.24) is 4.90 Å². The second-order valence-electron chi connectivity index (χ2n) is 7.66. The first-order valence-corrected chi connectivity index (χ1v) is 10.0. The molecule has 1 unspecified atom stereocenters. The zero-order chi connectivity index (χ0) is 20.8. The number of likely N-dealkylation sites (tertiary alicyclic amines) is 1. The van der Waals surface area contributed by atoms with Crippen LogP contribution >= 0.6 is 0 Å². The van der Waals surface area contributed by atoms with Crippen molar-refractivity contribution in [3.8, 4) is 0 Å². The van der Waals surface area contributed by atoms with E-state index in [1.807, 2.05) is 44.2 Å². The van der Waals surface area contributed by atoms with Gasteiger partial charge in [-0.3, -0.25) is 14.4 Å². The Morgan fingerprint density at radius 3 is 2.38 bits per heavy atom. The van der Waals surface area contributed by atoms with Gasteiger partial charge in [0.25, 0.3) is 0 Å². The molecule has 0 saturated carbocycles. The molecule has 3 rings (SSSR count). The monoisotopic (exact) mass is 393 g/mol. The molecule has 2 N–H and O–H groups in total.